The number of nitrogens with one attached hydrogen (secondary N) is 3. The van der Waals surface area contributed by atoms with Crippen molar-refractivity contribution in [2.75, 3.05) is 19.6 Å². The number of fused-ring (bicyclic) bond motifs is 1. The number of imidazole rings is 1. The van der Waals surface area contributed by atoms with E-state index in [4.69, 9.17) is 0 Å². The molecule has 1 amide bonds. The fourth-order valence-electron chi connectivity index (χ4n) is 5.66. The average molecular weight is 550 g/mol. The molecule has 0 bridgehead atoms. The van der Waals surface area contributed by atoms with E-state index >= 15 is 0 Å². The Morgan fingerprint density at radius 1 is 1.10 bits per heavy atom. The Kier molecular flexibility index (Phi) is 7.38. The Morgan fingerprint density at radius 2 is 1.90 bits per heavy atom. The highest BCUT2D eigenvalue weighted by atomic mass is 16.3. The first-order chi connectivity index (χ1) is 19.9. The number of aromatic amines is 2. The Bertz CT molecular complexity index is 1670. The predicted octanol–water partition coefficient (Wildman–Crippen LogP) is 4.64. The molecule has 4 heterocycles. The van der Waals surface area contributed by atoms with Crippen LogP contribution in [0.25, 0.3) is 33.5 Å². The smallest absolute Gasteiger partial charge is 0.271 e. The minimum absolute atomic E-state index is 0.120. The molecule has 1 fully saturated rings. The summed E-state index contributed by atoms with van der Waals surface area (Å²) in [7, 11) is 0. The minimum atomic E-state index is -0.803. The zero-order chi connectivity index (χ0) is 28.4. The van der Waals surface area contributed by atoms with Crippen LogP contribution in [-0.4, -0.2) is 66.3 Å². The lowest BCUT2D eigenvalue weighted by Gasteiger charge is -2.38. The van der Waals surface area contributed by atoms with Gasteiger partial charge in [-0.1, -0.05) is 43.3 Å². The second kappa shape index (κ2) is 11.3. The number of aromatic nitrogens is 5. The summed E-state index contributed by atoms with van der Waals surface area (Å²) in [5.41, 5.74) is 6.73. The van der Waals surface area contributed by atoms with Gasteiger partial charge < -0.3 is 20.3 Å². The molecule has 1 aliphatic rings. The molecule has 2 aromatic carbocycles. The zero-order valence-corrected chi connectivity index (χ0v) is 23.4. The van der Waals surface area contributed by atoms with Crippen molar-refractivity contribution in [3.63, 3.8) is 0 Å². The summed E-state index contributed by atoms with van der Waals surface area (Å²) in [6, 6.07) is 16.2. The maximum Gasteiger partial charge on any atom is 0.271 e. The molecule has 3 aromatic heterocycles. The third-order valence-electron chi connectivity index (χ3n) is 8.15. The molecule has 210 valence electrons. The van der Waals surface area contributed by atoms with Gasteiger partial charge in [0.2, 0.25) is 0 Å². The van der Waals surface area contributed by atoms with E-state index in [-0.39, 0.29) is 5.91 Å². The number of carbonyl (C=O) groups excluding carboxylic acids is 1. The number of nitrogens with zero attached hydrogens (tertiary/aromatic N) is 4. The van der Waals surface area contributed by atoms with Gasteiger partial charge in [0.1, 0.15) is 11.4 Å². The molecule has 0 radical (unpaired) electrons. The molecule has 0 saturated carbocycles. The van der Waals surface area contributed by atoms with Crippen molar-refractivity contribution in [2.24, 2.45) is 0 Å². The van der Waals surface area contributed by atoms with Gasteiger partial charge >= 0.3 is 0 Å². The van der Waals surface area contributed by atoms with E-state index in [1.54, 1.807) is 11.1 Å². The first-order valence-electron chi connectivity index (χ1n) is 14.2. The first-order valence-corrected chi connectivity index (χ1v) is 14.2. The van der Waals surface area contributed by atoms with Gasteiger partial charge in [-0.2, -0.15) is 5.10 Å². The van der Waals surface area contributed by atoms with Crippen LogP contribution in [-0.2, 0) is 13.0 Å². The van der Waals surface area contributed by atoms with E-state index in [9.17, 15) is 9.90 Å². The quantitative estimate of drug-likeness (QED) is 0.224. The summed E-state index contributed by atoms with van der Waals surface area (Å²) in [5.74, 6) is 0.412. The highest BCUT2D eigenvalue weighted by Gasteiger charge is 2.34. The van der Waals surface area contributed by atoms with Crippen molar-refractivity contribution in [3.05, 3.63) is 89.5 Å². The van der Waals surface area contributed by atoms with Crippen LogP contribution >= 0.6 is 0 Å². The minimum Gasteiger partial charge on any atom is -0.389 e. The molecule has 9 heteroatoms. The molecule has 6 rings (SSSR count). The van der Waals surface area contributed by atoms with Crippen LogP contribution in [0.15, 0.2) is 67.1 Å². The number of likely N-dealkylation sites (tertiary alicyclic amines) is 1. The monoisotopic (exact) mass is 549 g/mol. The SMILES string of the molecule is CCNCc1cncc(-c2ccc3[nH]nc(-c4ncc(C(=O)N5CCC(O)(Cc6ccccc6)CC5)[nH]4)c3c2)c1C. The summed E-state index contributed by atoms with van der Waals surface area (Å²) < 4.78 is 0. The van der Waals surface area contributed by atoms with Crippen LogP contribution in [0.5, 0.6) is 0 Å². The number of benzene rings is 2. The molecule has 1 saturated heterocycles. The van der Waals surface area contributed by atoms with E-state index < -0.39 is 5.60 Å². The Labute approximate surface area is 239 Å². The van der Waals surface area contributed by atoms with E-state index in [2.05, 4.69) is 56.4 Å². The summed E-state index contributed by atoms with van der Waals surface area (Å²) in [5, 5.41) is 23.0. The van der Waals surface area contributed by atoms with Gasteiger partial charge in [-0.15, -0.1) is 0 Å². The highest BCUT2D eigenvalue weighted by molar-refractivity contribution is 5.96. The summed E-state index contributed by atoms with van der Waals surface area (Å²) in [6.07, 6.45) is 7.04. The maximum absolute atomic E-state index is 13.3. The number of hydrogen-bond donors (Lipinski definition) is 4. The van der Waals surface area contributed by atoms with Crippen molar-refractivity contribution in [1.29, 1.82) is 0 Å². The van der Waals surface area contributed by atoms with Gasteiger partial charge in [-0.3, -0.25) is 14.9 Å². The molecule has 0 aliphatic carbocycles. The Balaban J connectivity index is 1.19. The first kappa shape index (κ1) is 26.9. The van der Waals surface area contributed by atoms with E-state index in [0.717, 1.165) is 40.7 Å². The molecule has 5 aromatic rings. The van der Waals surface area contributed by atoms with Crippen LogP contribution in [0.2, 0.25) is 0 Å². The van der Waals surface area contributed by atoms with Crippen LogP contribution in [0.3, 0.4) is 0 Å². The largest absolute Gasteiger partial charge is 0.389 e. The molecular weight excluding hydrogens is 514 g/mol. The predicted molar refractivity (Wildman–Crippen MR) is 159 cm³/mol. The number of H-pyrrole nitrogens is 2. The fraction of sp³-hybridized carbons (Fsp3) is 0.312. The number of pyridine rings is 1. The third-order valence-corrected chi connectivity index (χ3v) is 8.15. The van der Waals surface area contributed by atoms with Crippen LogP contribution < -0.4 is 5.32 Å². The number of carbonyl (C=O) groups is 1. The summed E-state index contributed by atoms with van der Waals surface area (Å²) >= 11 is 0. The van der Waals surface area contributed by atoms with Gasteiger partial charge in [0, 0.05) is 49.4 Å². The van der Waals surface area contributed by atoms with Crippen molar-refractivity contribution in [3.8, 4) is 22.6 Å². The topological polar surface area (TPSA) is 123 Å². The van der Waals surface area contributed by atoms with Gasteiger partial charge in [-0.25, -0.2) is 4.98 Å². The molecule has 0 unspecified atom stereocenters. The highest BCUT2D eigenvalue weighted by Crippen LogP contribution is 2.32. The average Bonchev–Trinajstić information content (AvgIpc) is 3.64. The number of aliphatic hydroxyl groups is 1. The molecular formula is C32H35N7O2. The molecule has 41 heavy (non-hydrogen) atoms. The van der Waals surface area contributed by atoms with Crippen molar-refractivity contribution in [2.45, 2.75) is 45.3 Å². The van der Waals surface area contributed by atoms with Gasteiger partial charge in [0.25, 0.3) is 5.91 Å². The van der Waals surface area contributed by atoms with Crippen LogP contribution in [0.1, 0.15) is 46.9 Å². The Morgan fingerprint density at radius 3 is 2.68 bits per heavy atom. The number of rotatable bonds is 8. The van der Waals surface area contributed by atoms with E-state index in [1.165, 1.54) is 11.1 Å². The van der Waals surface area contributed by atoms with Gasteiger partial charge in [-0.05, 0) is 60.7 Å². The second-order valence-corrected chi connectivity index (χ2v) is 10.9. The van der Waals surface area contributed by atoms with Gasteiger partial charge in [0.15, 0.2) is 5.82 Å². The van der Waals surface area contributed by atoms with E-state index in [1.807, 2.05) is 48.8 Å². The van der Waals surface area contributed by atoms with Crippen molar-refractivity contribution in [1.82, 2.24) is 35.4 Å². The maximum atomic E-state index is 13.3. The number of piperidine rings is 1. The number of hydrogen-bond acceptors (Lipinski definition) is 6. The normalized spacial score (nSPS) is 15.0. The summed E-state index contributed by atoms with van der Waals surface area (Å²) in [6.45, 7) is 6.87. The lowest BCUT2D eigenvalue weighted by molar-refractivity contribution is -0.0163. The van der Waals surface area contributed by atoms with Crippen LogP contribution in [0, 0.1) is 6.92 Å². The molecule has 0 atom stereocenters. The van der Waals surface area contributed by atoms with Crippen molar-refractivity contribution >= 4 is 16.8 Å². The van der Waals surface area contributed by atoms with Crippen LogP contribution in [0.4, 0.5) is 0 Å². The number of amides is 1. The zero-order valence-electron chi connectivity index (χ0n) is 23.4. The molecule has 1 aliphatic heterocycles. The summed E-state index contributed by atoms with van der Waals surface area (Å²) in [4.78, 5) is 27.3. The van der Waals surface area contributed by atoms with Gasteiger partial charge in [0.05, 0.1) is 17.3 Å². The lowest BCUT2D eigenvalue weighted by atomic mass is 9.85. The van der Waals surface area contributed by atoms with Crippen molar-refractivity contribution < 1.29 is 9.90 Å². The lowest BCUT2D eigenvalue weighted by Crippen LogP contribution is -2.47. The van der Waals surface area contributed by atoms with E-state index in [0.29, 0.717) is 49.6 Å². The third kappa shape index (κ3) is 5.51. The standard InChI is InChI=1S/C32H35N7O2/c1-3-33-17-24-18-34-19-26(21(24)2)23-9-10-27-25(15-23)29(38-37-27)30-35-20-28(36-30)31(40)39-13-11-32(41,12-14-39)16-22-7-5-4-6-8-22/h4-10,15,18-20,33,41H,3,11-14,16-17H2,1-2H3,(H,35,36)(H,37,38). The molecule has 9 nitrogen and oxygen atoms in total. The fourth-order valence-corrected chi connectivity index (χ4v) is 5.66. The molecule has 0 spiro atoms. The second-order valence-electron chi connectivity index (χ2n) is 10.9. The Hall–Kier alpha value is -4.34. The molecule has 4 N–H and O–H groups in total.